The zero-order valence-electron chi connectivity index (χ0n) is 10.8. The first kappa shape index (κ1) is 14.9. The summed E-state index contributed by atoms with van der Waals surface area (Å²) in [7, 11) is -4.21. The number of hydrogen-bond acceptors (Lipinski definition) is 5. The van der Waals surface area contributed by atoms with Gasteiger partial charge in [0, 0.05) is 18.3 Å². The minimum absolute atomic E-state index is 0.116. The molecule has 1 heterocycles. The summed E-state index contributed by atoms with van der Waals surface area (Å²) in [6, 6.07) is 5.86. The summed E-state index contributed by atoms with van der Waals surface area (Å²) in [4.78, 5) is 13.5. The highest BCUT2D eigenvalue weighted by atomic mass is 32.2. The van der Waals surface area contributed by atoms with E-state index in [0.29, 0.717) is 5.56 Å². The Morgan fingerprint density at radius 3 is 2.62 bits per heavy atom. The molecule has 1 N–H and O–H groups in total. The minimum atomic E-state index is -4.21. The molecule has 0 fully saturated rings. The van der Waals surface area contributed by atoms with E-state index in [1.807, 2.05) is 0 Å². The van der Waals surface area contributed by atoms with Gasteiger partial charge in [-0.2, -0.15) is 8.42 Å². The van der Waals surface area contributed by atoms with Gasteiger partial charge >= 0.3 is 0 Å². The quantitative estimate of drug-likeness (QED) is 0.689. The van der Waals surface area contributed by atoms with Crippen LogP contribution in [0.5, 0.6) is 0 Å². The van der Waals surface area contributed by atoms with E-state index in [9.17, 15) is 22.9 Å². The molecule has 0 spiro atoms. The van der Waals surface area contributed by atoms with Crippen LogP contribution in [0.1, 0.15) is 5.56 Å². The van der Waals surface area contributed by atoms with E-state index in [2.05, 4.69) is 9.71 Å². The van der Waals surface area contributed by atoms with Gasteiger partial charge in [-0.3, -0.25) is 14.8 Å². The third-order valence-electron chi connectivity index (χ3n) is 2.64. The van der Waals surface area contributed by atoms with Crippen LogP contribution in [0.4, 0.5) is 15.8 Å². The Bertz CT molecular complexity index is 808. The second kappa shape index (κ2) is 5.44. The average Bonchev–Trinajstić information content (AvgIpc) is 2.41. The van der Waals surface area contributed by atoms with Crippen molar-refractivity contribution in [2.45, 2.75) is 11.9 Å². The number of pyridine rings is 1. The Morgan fingerprint density at radius 2 is 2.05 bits per heavy atom. The molecule has 0 aliphatic heterocycles. The van der Waals surface area contributed by atoms with Crippen LogP contribution in [0.15, 0.2) is 41.6 Å². The Balaban J connectivity index is 2.38. The van der Waals surface area contributed by atoms with E-state index in [-0.39, 0.29) is 11.4 Å². The van der Waals surface area contributed by atoms with Crippen molar-refractivity contribution in [1.82, 2.24) is 4.98 Å². The third kappa shape index (κ3) is 3.14. The molecule has 2 rings (SSSR count). The van der Waals surface area contributed by atoms with Gasteiger partial charge in [0.25, 0.3) is 15.7 Å². The number of halogens is 1. The summed E-state index contributed by atoms with van der Waals surface area (Å²) in [5, 5.41) is 9.89. The van der Waals surface area contributed by atoms with Crippen molar-refractivity contribution in [1.29, 1.82) is 0 Å². The Labute approximate surface area is 119 Å². The summed E-state index contributed by atoms with van der Waals surface area (Å²) in [6.07, 6.45) is 1.15. The summed E-state index contributed by atoms with van der Waals surface area (Å²) < 4.78 is 39.7. The van der Waals surface area contributed by atoms with Crippen molar-refractivity contribution in [3.8, 4) is 0 Å². The molecule has 0 atom stereocenters. The van der Waals surface area contributed by atoms with E-state index in [1.54, 1.807) is 0 Å². The van der Waals surface area contributed by atoms with Crippen molar-refractivity contribution in [3.63, 3.8) is 0 Å². The summed E-state index contributed by atoms with van der Waals surface area (Å²) >= 11 is 0. The molecule has 0 amide bonds. The van der Waals surface area contributed by atoms with Gasteiger partial charge in [0.2, 0.25) is 5.03 Å². The summed E-state index contributed by atoms with van der Waals surface area (Å²) in [6.45, 7) is 1.50. The number of rotatable bonds is 4. The number of benzene rings is 1. The molecule has 110 valence electrons. The van der Waals surface area contributed by atoms with Gasteiger partial charge in [-0.15, -0.1) is 0 Å². The van der Waals surface area contributed by atoms with E-state index in [1.165, 1.54) is 25.1 Å². The smallest absolute Gasteiger partial charge is 0.278 e. The fraction of sp³-hybridized carbons (Fsp3) is 0.0833. The number of nitrogens with zero attached hydrogens (tertiary/aromatic N) is 2. The largest absolute Gasteiger partial charge is 0.282 e. The van der Waals surface area contributed by atoms with Crippen LogP contribution >= 0.6 is 0 Å². The first-order valence-corrected chi connectivity index (χ1v) is 7.18. The lowest BCUT2D eigenvalue weighted by molar-refractivity contribution is -0.384. The van der Waals surface area contributed by atoms with Crippen molar-refractivity contribution in [2.24, 2.45) is 0 Å². The first-order chi connectivity index (χ1) is 9.81. The third-order valence-corrected chi connectivity index (χ3v) is 3.94. The maximum atomic E-state index is 13.5. The number of nitro benzene ring substituents is 1. The van der Waals surface area contributed by atoms with Crippen LogP contribution in [0.2, 0.25) is 0 Å². The highest BCUT2D eigenvalue weighted by molar-refractivity contribution is 7.92. The predicted molar refractivity (Wildman–Crippen MR) is 72.8 cm³/mol. The molecule has 9 heteroatoms. The van der Waals surface area contributed by atoms with Crippen LogP contribution in [-0.4, -0.2) is 18.3 Å². The van der Waals surface area contributed by atoms with Crippen LogP contribution in [-0.2, 0) is 10.0 Å². The highest BCUT2D eigenvalue weighted by Crippen LogP contribution is 2.24. The number of aryl methyl sites for hydroxylation is 1. The standard InChI is InChI=1S/C12H10FN3O4S/c1-8-7-9(16(17)18)4-5-11(8)15-21(19,20)12-10(13)3-2-6-14-12/h2-7,15H,1H3. The average molecular weight is 311 g/mol. The fourth-order valence-corrected chi connectivity index (χ4v) is 2.78. The molecule has 0 saturated carbocycles. The molecule has 0 radical (unpaired) electrons. The van der Waals surface area contributed by atoms with Gasteiger partial charge in [0.15, 0.2) is 5.82 Å². The topological polar surface area (TPSA) is 102 Å². The number of sulfonamides is 1. The van der Waals surface area contributed by atoms with E-state index >= 15 is 0 Å². The molecule has 7 nitrogen and oxygen atoms in total. The van der Waals surface area contributed by atoms with Crippen molar-refractivity contribution >= 4 is 21.4 Å². The molecule has 0 aliphatic carbocycles. The molecule has 0 aliphatic rings. The van der Waals surface area contributed by atoms with Gasteiger partial charge in [-0.1, -0.05) is 0 Å². The second-order valence-corrected chi connectivity index (χ2v) is 5.75. The molecule has 0 bridgehead atoms. The van der Waals surface area contributed by atoms with Crippen molar-refractivity contribution < 1.29 is 17.7 Å². The molecule has 0 saturated heterocycles. The molecular formula is C12H10FN3O4S. The lowest BCUT2D eigenvalue weighted by atomic mass is 10.2. The van der Waals surface area contributed by atoms with E-state index in [4.69, 9.17) is 0 Å². The number of aromatic nitrogens is 1. The van der Waals surface area contributed by atoms with E-state index < -0.39 is 25.8 Å². The molecular weight excluding hydrogens is 301 g/mol. The van der Waals surface area contributed by atoms with Gasteiger partial charge in [-0.05, 0) is 30.7 Å². The normalized spacial score (nSPS) is 11.1. The number of non-ortho nitro benzene ring substituents is 1. The lowest BCUT2D eigenvalue weighted by Gasteiger charge is -2.10. The number of hydrogen-bond donors (Lipinski definition) is 1. The second-order valence-electron chi connectivity index (χ2n) is 4.15. The first-order valence-electron chi connectivity index (χ1n) is 5.69. The molecule has 1 aromatic carbocycles. The number of anilines is 1. The van der Waals surface area contributed by atoms with Gasteiger partial charge in [0.05, 0.1) is 10.6 Å². The van der Waals surface area contributed by atoms with Gasteiger partial charge in [-0.25, -0.2) is 9.37 Å². The van der Waals surface area contributed by atoms with Crippen molar-refractivity contribution in [2.75, 3.05) is 4.72 Å². The number of nitrogens with one attached hydrogen (secondary N) is 1. The maximum absolute atomic E-state index is 13.5. The fourth-order valence-electron chi connectivity index (χ4n) is 1.64. The van der Waals surface area contributed by atoms with E-state index in [0.717, 1.165) is 18.3 Å². The van der Waals surface area contributed by atoms with Crippen LogP contribution in [0.3, 0.4) is 0 Å². The Hall–Kier alpha value is -2.55. The molecule has 21 heavy (non-hydrogen) atoms. The van der Waals surface area contributed by atoms with Crippen LogP contribution in [0, 0.1) is 22.9 Å². The highest BCUT2D eigenvalue weighted by Gasteiger charge is 2.21. The molecule has 0 unspecified atom stereocenters. The monoisotopic (exact) mass is 311 g/mol. The molecule has 1 aromatic heterocycles. The zero-order chi connectivity index (χ0) is 15.6. The maximum Gasteiger partial charge on any atom is 0.282 e. The summed E-state index contributed by atoms with van der Waals surface area (Å²) in [5.74, 6) is -0.982. The predicted octanol–water partition coefficient (Wildman–Crippen LogP) is 2.24. The van der Waals surface area contributed by atoms with Crippen LogP contribution < -0.4 is 4.72 Å². The van der Waals surface area contributed by atoms with Gasteiger partial charge < -0.3 is 0 Å². The number of nitro groups is 1. The minimum Gasteiger partial charge on any atom is -0.278 e. The Morgan fingerprint density at radius 1 is 1.33 bits per heavy atom. The lowest BCUT2D eigenvalue weighted by Crippen LogP contribution is -2.16. The zero-order valence-corrected chi connectivity index (χ0v) is 11.6. The van der Waals surface area contributed by atoms with Gasteiger partial charge in [0.1, 0.15) is 0 Å². The molecule has 2 aromatic rings. The Kier molecular flexibility index (Phi) is 3.85. The SMILES string of the molecule is Cc1cc([N+](=O)[O-])ccc1NS(=O)(=O)c1ncccc1F. The summed E-state index contributed by atoms with van der Waals surface area (Å²) in [5.41, 5.74) is 0.286. The van der Waals surface area contributed by atoms with Crippen molar-refractivity contribution in [3.05, 3.63) is 58.0 Å². The van der Waals surface area contributed by atoms with Crippen LogP contribution in [0.25, 0.3) is 0 Å².